The summed E-state index contributed by atoms with van der Waals surface area (Å²) in [4.78, 5) is 3.21. The maximum atomic E-state index is 9.21. The van der Waals surface area contributed by atoms with Gasteiger partial charge in [0.15, 0.2) is 0 Å². The van der Waals surface area contributed by atoms with Gasteiger partial charge in [0.1, 0.15) is 5.75 Å². The number of phenols is 1. The number of aromatic nitrogens is 1. The fraction of sp³-hybridized carbons (Fsp3) is 0.429. The van der Waals surface area contributed by atoms with Gasteiger partial charge in [-0.2, -0.15) is 0 Å². The van der Waals surface area contributed by atoms with Gasteiger partial charge in [-0.25, -0.2) is 0 Å². The van der Waals surface area contributed by atoms with Crippen molar-refractivity contribution in [2.45, 2.75) is 41.5 Å². The van der Waals surface area contributed by atoms with Gasteiger partial charge in [-0.15, -0.1) is 0 Å². The first kappa shape index (κ1) is 14.6. The van der Waals surface area contributed by atoms with Gasteiger partial charge in [0.2, 0.25) is 0 Å². The predicted octanol–water partition coefficient (Wildman–Crippen LogP) is 4.54. The van der Waals surface area contributed by atoms with Crippen molar-refractivity contribution >= 4 is 10.9 Å². The zero-order chi connectivity index (χ0) is 12.7. The maximum absolute atomic E-state index is 9.21. The largest absolute Gasteiger partial charge is 0.508 e. The molecule has 1 heterocycles. The fourth-order valence-corrected chi connectivity index (χ4v) is 1.46. The first-order chi connectivity index (χ1) is 7.68. The third-order valence-corrected chi connectivity index (χ3v) is 2.29. The Hall–Kier alpha value is -1.44. The highest BCUT2D eigenvalue weighted by Gasteiger charge is 2.03. The molecule has 0 saturated carbocycles. The van der Waals surface area contributed by atoms with E-state index in [0.29, 0.717) is 5.75 Å². The van der Waals surface area contributed by atoms with Crippen LogP contribution in [0.25, 0.3) is 10.9 Å². The first-order valence-corrected chi connectivity index (χ1v) is 5.96. The Morgan fingerprint density at radius 1 is 1.00 bits per heavy atom. The Balaban J connectivity index is 0.000000509. The number of aromatic hydroxyl groups is 1. The molecule has 0 amide bonds. The third kappa shape index (κ3) is 3.02. The highest BCUT2D eigenvalue weighted by Crippen LogP contribution is 2.24. The molecule has 90 valence electrons. The van der Waals surface area contributed by atoms with Crippen molar-refractivity contribution in [3.05, 3.63) is 29.5 Å². The van der Waals surface area contributed by atoms with E-state index in [2.05, 4.69) is 11.9 Å². The molecule has 0 atom stereocenters. The highest BCUT2D eigenvalue weighted by atomic mass is 16.3. The van der Waals surface area contributed by atoms with Crippen molar-refractivity contribution in [1.82, 2.24) is 4.98 Å². The third-order valence-electron chi connectivity index (χ3n) is 2.29. The summed E-state index contributed by atoms with van der Waals surface area (Å²) in [5.41, 5.74) is 3.42. The minimum absolute atomic E-state index is 0.309. The molecular formula is C14H23NO. The number of aromatic amines is 1. The zero-order valence-corrected chi connectivity index (χ0v) is 11.2. The lowest BCUT2D eigenvalue weighted by Gasteiger charge is -1.92. The van der Waals surface area contributed by atoms with Crippen LogP contribution in [0.4, 0.5) is 0 Å². The van der Waals surface area contributed by atoms with Crippen molar-refractivity contribution in [3.63, 3.8) is 0 Å². The smallest absolute Gasteiger partial charge is 0.117 e. The SMILES string of the molecule is CC.CC.Cc1[nH]c2cc(O)ccc2c1C. The lowest BCUT2D eigenvalue weighted by Crippen LogP contribution is -1.70. The Morgan fingerprint density at radius 2 is 1.56 bits per heavy atom. The lowest BCUT2D eigenvalue weighted by molar-refractivity contribution is 0.476. The molecule has 2 rings (SSSR count). The Bertz CT molecular complexity index is 429. The molecule has 0 aliphatic rings. The van der Waals surface area contributed by atoms with E-state index >= 15 is 0 Å². The Morgan fingerprint density at radius 3 is 2.12 bits per heavy atom. The molecule has 1 aromatic carbocycles. The highest BCUT2D eigenvalue weighted by molar-refractivity contribution is 5.85. The van der Waals surface area contributed by atoms with E-state index < -0.39 is 0 Å². The number of phenolic OH excluding ortho intramolecular Hbond substituents is 1. The number of nitrogens with one attached hydrogen (secondary N) is 1. The maximum Gasteiger partial charge on any atom is 0.117 e. The number of hydrogen-bond donors (Lipinski definition) is 2. The van der Waals surface area contributed by atoms with Crippen molar-refractivity contribution in [1.29, 1.82) is 0 Å². The van der Waals surface area contributed by atoms with E-state index in [4.69, 9.17) is 0 Å². The molecule has 0 aliphatic heterocycles. The van der Waals surface area contributed by atoms with Crippen LogP contribution in [0.3, 0.4) is 0 Å². The van der Waals surface area contributed by atoms with Gasteiger partial charge in [-0.1, -0.05) is 27.7 Å². The number of H-pyrrole nitrogens is 1. The minimum atomic E-state index is 0.309. The van der Waals surface area contributed by atoms with Crippen LogP contribution in [0.5, 0.6) is 5.75 Å². The molecule has 2 heteroatoms. The monoisotopic (exact) mass is 221 g/mol. The van der Waals surface area contributed by atoms with E-state index in [-0.39, 0.29) is 0 Å². The second-order valence-electron chi connectivity index (χ2n) is 3.10. The first-order valence-electron chi connectivity index (χ1n) is 5.96. The summed E-state index contributed by atoms with van der Waals surface area (Å²) in [5.74, 6) is 0.309. The van der Waals surface area contributed by atoms with E-state index in [1.54, 1.807) is 12.1 Å². The summed E-state index contributed by atoms with van der Waals surface area (Å²) in [5, 5.41) is 10.4. The molecule has 0 bridgehead atoms. The summed E-state index contributed by atoms with van der Waals surface area (Å²) >= 11 is 0. The molecule has 0 saturated heterocycles. The van der Waals surface area contributed by atoms with Gasteiger partial charge in [-0.3, -0.25) is 0 Å². The van der Waals surface area contributed by atoms with E-state index in [9.17, 15) is 5.11 Å². The fourth-order valence-electron chi connectivity index (χ4n) is 1.46. The molecule has 0 aliphatic carbocycles. The van der Waals surface area contributed by atoms with E-state index in [0.717, 1.165) is 11.2 Å². The van der Waals surface area contributed by atoms with Crippen LogP contribution in [-0.2, 0) is 0 Å². The Labute approximate surface area is 98.3 Å². The quantitative estimate of drug-likeness (QED) is 0.673. The second kappa shape index (κ2) is 6.94. The van der Waals surface area contributed by atoms with Crippen LogP contribution in [-0.4, -0.2) is 10.1 Å². The van der Waals surface area contributed by atoms with E-state index in [1.165, 1.54) is 10.9 Å². The Kier molecular flexibility index (Phi) is 6.31. The van der Waals surface area contributed by atoms with Crippen molar-refractivity contribution < 1.29 is 5.11 Å². The average Bonchev–Trinajstić information content (AvgIpc) is 2.60. The molecule has 2 nitrogen and oxygen atoms in total. The van der Waals surface area contributed by atoms with Gasteiger partial charge in [-0.05, 0) is 31.5 Å². The van der Waals surface area contributed by atoms with Crippen LogP contribution in [0.2, 0.25) is 0 Å². The number of hydrogen-bond acceptors (Lipinski definition) is 1. The molecule has 0 spiro atoms. The summed E-state index contributed by atoms with van der Waals surface area (Å²) in [6, 6.07) is 5.39. The molecule has 0 radical (unpaired) electrons. The minimum Gasteiger partial charge on any atom is -0.508 e. The standard InChI is InChI=1S/C10H11NO.2C2H6/c1-6-7(2)11-10-5-8(12)3-4-9(6)10;2*1-2/h3-5,11-12H,1-2H3;2*1-2H3. The molecule has 16 heavy (non-hydrogen) atoms. The van der Waals surface area contributed by atoms with Gasteiger partial charge >= 0.3 is 0 Å². The van der Waals surface area contributed by atoms with Crippen molar-refractivity contribution in [2.24, 2.45) is 0 Å². The summed E-state index contributed by atoms with van der Waals surface area (Å²) < 4.78 is 0. The van der Waals surface area contributed by atoms with Crippen LogP contribution in [0.1, 0.15) is 39.0 Å². The number of rotatable bonds is 0. The summed E-state index contributed by atoms with van der Waals surface area (Å²) in [6.07, 6.45) is 0. The number of fused-ring (bicyclic) bond motifs is 1. The molecule has 2 N–H and O–H groups in total. The molecule has 1 aromatic heterocycles. The second-order valence-corrected chi connectivity index (χ2v) is 3.10. The molecule has 0 fully saturated rings. The van der Waals surface area contributed by atoms with Gasteiger partial charge in [0.25, 0.3) is 0 Å². The van der Waals surface area contributed by atoms with Crippen molar-refractivity contribution in [3.8, 4) is 5.75 Å². The molecular weight excluding hydrogens is 198 g/mol. The molecule has 0 unspecified atom stereocenters. The van der Waals surface area contributed by atoms with Gasteiger partial charge in [0.05, 0.1) is 0 Å². The van der Waals surface area contributed by atoms with Crippen LogP contribution in [0.15, 0.2) is 18.2 Å². The van der Waals surface area contributed by atoms with Crippen molar-refractivity contribution in [2.75, 3.05) is 0 Å². The van der Waals surface area contributed by atoms with Crippen LogP contribution in [0, 0.1) is 13.8 Å². The molecule has 2 aromatic rings. The summed E-state index contributed by atoms with van der Waals surface area (Å²) in [6.45, 7) is 12.1. The number of benzene rings is 1. The topological polar surface area (TPSA) is 36.0 Å². The normalized spacial score (nSPS) is 8.88. The van der Waals surface area contributed by atoms with Crippen LogP contribution >= 0.6 is 0 Å². The predicted molar refractivity (Wildman–Crippen MR) is 72.1 cm³/mol. The van der Waals surface area contributed by atoms with Gasteiger partial charge in [0, 0.05) is 22.7 Å². The zero-order valence-electron chi connectivity index (χ0n) is 11.2. The summed E-state index contributed by atoms with van der Waals surface area (Å²) in [7, 11) is 0. The van der Waals surface area contributed by atoms with E-state index in [1.807, 2.05) is 40.7 Å². The average molecular weight is 221 g/mol. The van der Waals surface area contributed by atoms with Gasteiger partial charge < -0.3 is 10.1 Å². The van der Waals surface area contributed by atoms with Crippen LogP contribution < -0.4 is 0 Å². The number of aryl methyl sites for hydroxylation is 2. The lowest BCUT2D eigenvalue weighted by atomic mass is 10.1.